The monoisotopic (exact) mass is 868 g/mol. The van der Waals surface area contributed by atoms with Crippen molar-refractivity contribution in [3.63, 3.8) is 0 Å². The maximum Gasteiger partial charge on any atom is 0.135 e. The highest BCUT2D eigenvalue weighted by molar-refractivity contribution is 6.05. The zero-order valence-corrected chi connectivity index (χ0v) is 38.0. The summed E-state index contributed by atoms with van der Waals surface area (Å²) in [4.78, 5) is 9.54. The molecule has 6 aliphatic heterocycles. The Morgan fingerprint density at radius 2 is 0.939 bits per heavy atom. The van der Waals surface area contributed by atoms with Crippen molar-refractivity contribution in [1.29, 1.82) is 0 Å². The Kier molecular flexibility index (Phi) is 11.3. The molecule has 0 aliphatic carbocycles. The number of hydrogen-bond acceptors (Lipinski definition) is 4. The second kappa shape index (κ2) is 17.6. The zero-order valence-electron chi connectivity index (χ0n) is 38.0. The van der Waals surface area contributed by atoms with Gasteiger partial charge in [0.05, 0.1) is 62.3 Å². The molecule has 10 atom stereocenters. The molecule has 7 aromatic rings. The summed E-state index contributed by atoms with van der Waals surface area (Å²) in [6, 6.07) is 40.2. The average Bonchev–Trinajstić information content (AvgIpc) is 3.38. The Morgan fingerprint density at radius 3 is 1.32 bits per heavy atom. The van der Waals surface area contributed by atoms with Crippen molar-refractivity contribution >= 4 is 43.4 Å². The number of nitrogens with zero attached hydrogens (tertiary/aromatic N) is 4. The first-order valence-corrected chi connectivity index (χ1v) is 24.2. The molecule has 6 fully saturated rings. The van der Waals surface area contributed by atoms with E-state index in [1.54, 1.807) is 0 Å². The SMILES string of the molecule is C#C[C@H]1C[N@+]2(Cc3c4ccccc4c(C[N@@+]45CC[C@@H](C[C@H]4[C@H](OCC=C)c4ccnc6ccccc46)[C@@H](C#C)C5)c4ccccc34)CC[C@H]1C[C@H]2[C@H](OCC=C)c1ccnc2ccccc12. The second-order valence-electron chi connectivity index (χ2n) is 19.8. The minimum Gasteiger partial charge on any atom is -0.363 e. The first-order chi connectivity index (χ1) is 32.5. The Morgan fingerprint density at radius 1 is 0.561 bits per heavy atom. The molecule has 330 valence electrons. The lowest BCUT2D eigenvalue weighted by Gasteiger charge is -2.58. The van der Waals surface area contributed by atoms with E-state index in [-0.39, 0.29) is 36.1 Å². The molecule has 2 aromatic heterocycles. The van der Waals surface area contributed by atoms with Gasteiger partial charge in [0.1, 0.15) is 37.4 Å². The molecule has 4 bridgehead atoms. The molecule has 66 heavy (non-hydrogen) atoms. The predicted octanol–water partition coefficient (Wildman–Crippen LogP) is 11.7. The average molecular weight is 869 g/mol. The van der Waals surface area contributed by atoms with E-state index in [0.717, 1.165) is 95.7 Å². The van der Waals surface area contributed by atoms with Gasteiger partial charge in [-0.15, -0.1) is 26.0 Å². The van der Waals surface area contributed by atoms with Crippen molar-refractivity contribution in [2.45, 2.75) is 63.1 Å². The quantitative estimate of drug-likeness (QED) is 0.0473. The topological polar surface area (TPSA) is 44.2 Å². The van der Waals surface area contributed by atoms with E-state index in [0.29, 0.717) is 25.0 Å². The Balaban J connectivity index is 1.06. The van der Waals surface area contributed by atoms with Crippen molar-refractivity contribution in [1.82, 2.24) is 9.97 Å². The predicted molar refractivity (Wildman–Crippen MR) is 268 cm³/mol. The van der Waals surface area contributed by atoms with Crippen LogP contribution in [0.2, 0.25) is 0 Å². The number of rotatable bonds is 14. The third-order valence-electron chi connectivity index (χ3n) is 16.6. The number of pyridine rings is 2. The number of benzene rings is 5. The molecule has 0 radical (unpaired) electrons. The van der Waals surface area contributed by atoms with Gasteiger partial charge in [0.2, 0.25) is 0 Å². The van der Waals surface area contributed by atoms with Gasteiger partial charge in [-0.2, -0.15) is 0 Å². The van der Waals surface area contributed by atoms with Crippen LogP contribution in [0.25, 0.3) is 43.4 Å². The minimum atomic E-state index is -0.151. The fourth-order valence-electron chi connectivity index (χ4n) is 13.6. The van der Waals surface area contributed by atoms with Crippen LogP contribution in [0.1, 0.15) is 60.1 Å². The van der Waals surface area contributed by atoms with Crippen LogP contribution >= 0.6 is 0 Å². The van der Waals surface area contributed by atoms with Gasteiger partial charge in [0, 0.05) is 60.0 Å². The summed E-state index contributed by atoms with van der Waals surface area (Å²) in [6.07, 6.45) is 24.5. The van der Waals surface area contributed by atoms with Gasteiger partial charge in [-0.25, -0.2) is 0 Å². The van der Waals surface area contributed by atoms with Crippen molar-refractivity contribution in [3.05, 3.63) is 169 Å². The number of fused-ring (bicyclic) bond motifs is 10. The molecule has 0 spiro atoms. The lowest BCUT2D eigenvalue weighted by atomic mass is 9.70. The number of para-hydroxylation sites is 2. The smallest absolute Gasteiger partial charge is 0.135 e. The molecule has 6 saturated heterocycles. The van der Waals surface area contributed by atoms with Crippen LogP contribution in [0.3, 0.4) is 0 Å². The van der Waals surface area contributed by atoms with E-state index >= 15 is 0 Å². The number of hydrogen-bond donors (Lipinski definition) is 0. The minimum absolute atomic E-state index is 0.151. The summed E-state index contributed by atoms with van der Waals surface area (Å²) in [5.41, 5.74) is 7.19. The molecular formula is C60H60N4O2+2. The summed E-state index contributed by atoms with van der Waals surface area (Å²) < 4.78 is 15.8. The largest absolute Gasteiger partial charge is 0.363 e. The Labute approximate surface area is 390 Å². The van der Waals surface area contributed by atoms with Crippen LogP contribution in [-0.2, 0) is 22.6 Å². The van der Waals surface area contributed by atoms with Crippen LogP contribution in [0.5, 0.6) is 0 Å². The lowest BCUT2D eigenvalue weighted by molar-refractivity contribution is -0.984. The van der Waals surface area contributed by atoms with E-state index in [1.165, 1.54) is 43.8 Å². The van der Waals surface area contributed by atoms with Gasteiger partial charge in [-0.05, 0) is 68.8 Å². The van der Waals surface area contributed by atoms with Gasteiger partial charge in [-0.3, -0.25) is 9.97 Å². The number of ether oxygens (including phenoxy) is 2. The van der Waals surface area contributed by atoms with E-state index in [2.05, 4.69) is 134 Å². The fourth-order valence-corrected chi connectivity index (χ4v) is 13.6. The molecule has 5 aromatic carbocycles. The van der Waals surface area contributed by atoms with E-state index in [1.807, 2.05) is 24.5 Å². The zero-order chi connectivity index (χ0) is 44.8. The van der Waals surface area contributed by atoms with Crippen LogP contribution in [0.4, 0.5) is 0 Å². The molecular weight excluding hydrogens is 809 g/mol. The summed E-state index contributed by atoms with van der Waals surface area (Å²) in [7, 11) is 0. The summed E-state index contributed by atoms with van der Waals surface area (Å²) in [5, 5.41) is 7.62. The second-order valence-corrected chi connectivity index (χ2v) is 19.8. The maximum atomic E-state index is 6.99. The van der Waals surface area contributed by atoms with Gasteiger partial charge < -0.3 is 18.4 Å². The summed E-state index contributed by atoms with van der Waals surface area (Å²) >= 11 is 0. The number of piperidine rings is 6. The molecule has 6 heteroatoms. The standard InChI is InChI=1S/C60H60N4O2/c1-5-33-65-59(51-25-29-61-55-23-15-13-21-49(51)55)57-35-43-27-31-63(57,37-41(43)7-3)39-53-45-17-9-11-19-47(45)54(48-20-12-10-18-46(48)53)40-64-32-28-44(42(8-4)38-64)36-58(64)60(66-34-6-2)52-26-30-62-56-24-16-14-22-50(52)56/h3-6,9-26,29-30,41-44,57-60H,1-2,27-28,31-40H2/q+2/t41-,42-,43-,44-,57-,58-,59+,60+,63-,64-/m0/s1. The highest BCUT2D eigenvalue weighted by Crippen LogP contribution is 2.52. The van der Waals surface area contributed by atoms with Crippen molar-refractivity contribution < 1.29 is 18.4 Å². The van der Waals surface area contributed by atoms with Crippen LogP contribution < -0.4 is 0 Å². The fraction of sp³-hybridized carbons (Fsp3) is 0.333. The number of terminal acetylenes is 2. The van der Waals surface area contributed by atoms with Crippen molar-refractivity contribution in [3.8, 4) is 24.7 Å². The van der Waals surface area contributed by atoms with Gasteiger partial charge in [0.15, 0.2) is 0 Å². The molecule has 8 heterocycles. The first-order valence-electron chi connectivity index (χ1n) is 24.2. The third-order valence-corrected chi connectivity index (χ3v) is 16.6. The Bertz CT molecular complexity index is 2800. The van der Waals surface area contributed by atoms with E-state index < -0.39 is 0 Å². The molecule has 6 nitrogen and oxygen atoms in total. The molecule has 13 rings (SSSR count). The van der Waals surface area contributed by atoms with Gasteiger partial charge in [0.25, 0.3) is 0 Å². The van der Waals surface area contributed by atoms with Crippen LogP contribution in [0.15, 0.2) is 147 Å². The van der Waals surface area contributed by atoms with Crippen molar-refractivity contribution in [2.75, 3.05) is 39.4 Å². The lowest BCUT2D eigenvalue weighted by Crippen LogP contribution is -2.68. The molecule has 6 aliphatic rings. The highest BCUT2D eigenvalue weighted by Gasteiger charge is 2.57. The van der Waals surface area contributed by atoms with Gasteiger partial charge >= 0.3 is 0 Å². The number of aromatic nitrogens is 2. The summed E-state index contributed by atoms with van der Waals surface area (Å²) in [6.45, 7) is 14.8. The van der Waals surface area contributed by atoms with Crippen LogP contribution in [-0.4, -0.2) is 70.4 Å². The molecule has 0 amide bonds. The normalized spacial score (nSPS) is 27.7. The molecule has 0 N–H and O–H groups in total. The summed E-state index contributed by atoms with van der Waals surface area (Å²) in [5.74, 6) is 7.96. The van der Waals surface area contributed by atoms with Crippen LogP contribution in [0, 0.1) is 48.4 Å². The third kappa shape index (κ3) is 7.15. The highest BCUT2D eigenvalue weighted by atomic mass is 16.5. The molecule has 0 saturated carbocycles. The Hall–Kier alpha value is -6.12. The maximum absolute atomic E-state index is 6.99. The number of quaternary nitrogens is 2. The van der Waals surface area contributed by atoms with E-state index in [4.69, 9.17) is 32.3 Å². The molecule has 0 unspecified atom stereocenters. The first kappa shape index (κ1) is 42.5. The van der Waals surface area contributed by atoms with Gasteiger partial charge in [-0.1, -0.05) is 109 Å². The van der Waals surface area contributed by atoms with Crippen molar-refractivity contribution in [2.24, 2.45) is 23.7 Å². The van der Waals surface area contributed by atoms with E-state index in [9.17, 15) is 0 Å².